The van der Waals surface area contributed by atoms with Gasteiger partial charge in [0.05, 0.1) is 19.3 Å². The monoisotopic (exact) mass is 325 g/mol. The molecule has 1 aromatic heterocycles. The minimum atomic E-state index is 0.318. The van der Waals surface area contributed by atoms with E-state index in [9.17, 15) is 0 Å². The highest BCUT2D eigenvalue weighted by Crippen LogP contribution is 2.32. The quantitative estimate of drug-likeness (QED) is 0.568. The molecule has 0 bridgehead atoms. The van der Waals surface area contributed by atoms with Crippen molar-refractivity contribution in [2.24, 2.45) is 0 Å². The summed E-state index contributed by atoms with van der Waals surface area (Å²) < 4.78 is 13.6. The molecule has 1 aromatic rings. The zero-order chi connectivity index (χ0) is 15.2. The first kappa shape index (κ1) is 16.3. The van der Waals surface area contributed by atoms with Gasteiger partial charge in [-0.3, -0.25) is 0 Å². The predicted octanol–water partition coefficient (Wildman–Crippen LogP) is 3.38. The van der Waals surface area contributed by atoms with Crippen LogP contribution in [0.5, 0.6) is 0 Å². The van der Waals surface area contributed by atoms with E-state index < -0.39 is 0 Å². The second-order valence-electron chi connectivity index (χ2n) is 6.25. The van der Waals surface area contributed by atoms with E-state index in [2.05, 4.69) is 21.7 Å². The van der Waals surface area contributed by atoms with Gasteiger partial charge in [-0.25, -0.2) is 0 Å². The van der Waals surface area contributed by atoms with Crippen molar-refractivity contribution in [3.05, 3.63) is 5.82 Å². The second kappa shape index (κ2) is 8.31. The number of aryl methyl sites for hydroxylation is 1. The summed E-state index contributed by atoms with van der Waals surface area (Å²) in [6, 6.07) is 0.596. The van der Waals surface area contributed by atoms with Crippen LogP contribution in [0.1, 0.15) is 56.8 Å². The van der Waals surface area contributed by atoms with Crippen molar-refractivity contribution in [1.29, 1.82) is 0 Å². The fourth-order valence-corrected chi connectivity index (χ4v) is 4.29. The van der Waals surface area contributed by atoms with Crippen LogP contribution in [0, 0.1) is 6.92 Å². The molecule has 0 amide bonds. The molecule has 1 aliphatic carbocycles. The van der Waals surface area contributed by atoms with Gasteiger partial charge in [0.15, 0.2) is 5.16 Å². The topological polar surface area (TPSA) is 49.2 Å². The van der Waals surface area contributed by atoms with Gasteiger partial charge in [-0.1, -0.05) is 31.0 Å². The van der Waals surface area contributed by atoms with E-state index in [1.54, 1.807) is 11.8 Å². The Morgan fingerprint density at radius 2 is 2.05 bits per heavy atom. The van der Waals surface area contributed by atoms with Gasteiger partial charge in [0.25, 0.3) is 0 Å². The van der Waals surface area contributed by atoms with E-state index in [0.29, 0.717) is 12.1 Å². The lowest BCUT2D eigenvalue weighted by Crippen LogP contribution is -2.16. The van der Waals surface area contributed by atoms with Crippen molar-refractivity contribution in [3.63, 3.8) is 0 Å². The van der Waals surface area contributed by atoms with Crippen molar-refractivity contribution in [2.75, 3.05) is 25.6 Å². The Balaban J connectivity index is 1.43. The van der Waals surface area contributed by atoms with Crippen molar-refractivity contribution < 1.29 is 9.47 Å². The van der Waals surface area contributed by atoms with E-state index in [0.717, 1.165) is 43.0 Å². The highest BCUT2D eigenvalue weighted by Gasteiger charge is 2.21. The summed E-state index contributed by atoms with van der Waals surface area (Å²) in [6.07, 6.45) is 9.20. The summed E-state index contributed by atoms with van der Waals surface area (Å²) in [5.41, 5.74) is 0. The van der Waals surface area contributed by atoms with Crippen LogP contribution in [-0.2, 0) is 9.47 Å². The maximum atomic E-state index is 5.73. The highest BCUT2D eigenvalue weighted by atomic mass is 32.2. The molecule has 1 saturated carbocycles. The zero-order valence-electron chi connectivity index (χ0n) is 13.5. The number of nitrogens with zero attached hydrogens (tertiary/aromatic N) is 3. The predicted molar refractivity (Wildman–Crippen MR) is 87.4 cm³/mol. The molecule has 2 fully saturated rings. The molecule has 1 saturated heterocycles. The van der Waals surface area contributed by atoms with Gasteiger partial charge in [-0.05, 0) is 32.6 Å². The number of aromatic nitrogens is 3. The summed E-state index contributed by atoms with van der Waals surface area (Å²) in [5.74, 6) is 1.98. The third-order valence-electron chi connectivity index (χ3n) is 4.56. The zero-order valence-corrected chi connectivity index (χ0v) is 14.3. The molecule has 0 aromatic carbocycles. The number of ether oxygens (including phenoxy) is 2. The first-order valence-electron chi connectivity index (χ1n) is 8.58. The molecule has 0 N–H and O–H groups in total. The third kappa shape index (κ3) is 4.24. The molecular formula is C16H27N3O2S. The molecule has 0 unspecified atom stereocenters. The summed E-state index contributed by atoms with van der Waals surface area (Å²) in [4.78, 5) is 0. The van der Waals surface area contributed by atoms with Gasteiger partial charge >= 0.3 is 0 Å². The number of hydrogen-bond donors (Lipinski definition) is 0. The van der Waals surface area contributed by atoms with Crippen LogP contribution in [0.2, 0.25) is 0 Å². The Bertz CT molecular complexity index is 454. The maximum Gasteiger partial charge on any atom is 0.191 e. The van der Waals surface area contributed by atoms with Crippen LogP contribution in [0.15, 0.2) is 5.16 Å². The lowest BCUT2D eigenvalue weighted by Gasteiger charge is -2.25. The Morgan fingerprint density at radius 1 is 1.18 bits per heavy atom. The third-order valence-corrected chi connectivity index (χ3v) is 5.47. The van der Waals surface area contributed by atoms with Crippen LogP contribution in [0.3, 0.4) is 0 Å². The minimum absolute atomic E-state index is 0.318. The summed E-state index contributed by atoms with van der Waals surface area (Å²) >= 11 is 1.77. The van der Waals surface area contributed by atoms with E-state index in [1.165, 1.54) is 38.5 Å². The van der Waals surface area contributed by atoms with E-state index in [4.69, 9.17) is 9.47 Å². The first-order valence-corrected chi connectivity index (χ1v) is 9.57. The summed E-state index contributed by atoms with van der Waals surface area (Å²) in [7, 11) is 0. The molecule has 1 atom stereocenters. The van der Waals surface area contributed by atoms with Crippen molar-refractivity contribution in [3.8, 4) is 0 Å². The average molecular weight is 325 g/mol. The molecule has 0 spiro atoms. The molecule has 124 valence electrons. The number of rotatable bonds is 7. The van der Waals surface area contributed by atoms with Crippen LogP contribution >= 0.6 is 11.8 Å². The average Bonchev–Trinajstić information content (AvgIpc) is 3.18. The maximum absolute atomic E-state index is 5.73. The molecule has 6 heteroatoms. The van der Waals surface area contributed by atoms with E-state index in [-0.39, 0.29) is 0 Å². The van der Waals surface area contributed by atoms with Gasteiger partial charge in [0.1, 0.15) is 5.82 Å². The SMILES string of the molecule is Cc1nnc(SCCOC[C@@H]2CCCO2)n1C1CCCCC1. The molecule has 2 aliphatic rings. The Kier molecular flexibility index (Phi) is 6.15. The van der Waals surface area contributed by atoms with Crippen LogP contribution < -0.4 is 0 Å². The summed E-state index contributed by atoms with van der Waals surface area (Å²) in [5, 5.41) is 9.71. The van der Waals surface area contributed by atoms with Gasteiger partial charge in [-0.15, -0.1) is 10.2 Å². The first-order chi connectivity index (χ1) is 10.8. The largest absolute Gasteiger partial charge is 0.378 e. The molecular weight excluding hydrogens is 298 g/mol. The van der Waals surface area contributed by atoms with Gasteiger partial charge < -0.3 is 14.0 Å². The van der Waals surface area contributed by atoms with E-state index in [1.807, 2.05) is 0 Å². The lowest BCUT2D eigenvalue weighted by atomic mass is 9.95. The fraction of sp³-hybridized carbons (Fsp3) is 0.875. The lowest BCUT2D eigenvalue weighted by molar-refractivity contribution is 0.0225. The smallest absolute Gasteiger partial charge is 0.191 e. The van der Waals surface area contributed by atoms with Gasteiger partial charge in [-0.2, -0.15) is 0 Å². The molecule has 5 nitrogen and oxygen atoms in total. The van der Waals surface area contributed by atoms with Gasteiger partial charge in [0.2, 0.25) is 0 Å². The van der Waals surface area contributed by atoms with Crippen molar-refractivity contribution in [2.45, 2.75) is 69.2 Å². The molecule has 3 rings (SSSR count). The molecule has 2 heterocycles. The highest BCUT2D eigenvalue weighted by molar-refractivity contribution is 7.99. The molecule has 22 heavy (non-hydrogen) atoms. The van der Waals surface area contributed by atoms with Crippen molar-refractivity contribution >= 4 is 11.8 Å². The molecule has 1 aliphatic heterocycles. The van der Waals surface area contributed by atoms with Crippen LogP contribution in [0.4, 0.5) is 0 Å². The number of hydrogen-bond acceptors (Lipinski definition) is 5. The summed E-state index contributed by atoms with van der Waals surface area (Å²) in [6.45, 7) is 4.45. The van der Waals surface area contributed by atoms with E-state index >= 15 is 0 Å². The standard InChI is InChI=1S/C16H27N3O2S/c1-13-17-18-16(19(13)14-6-3-2-4-7-14)22-11-10-20-12-15-8-5-9-21-15/h14-15H,2-12H2,1H3/t15-/m0/s1. The molecule has 0 radical (unpaired) electrons. The van der Waals surface area contributed by atoms with Crippen molar-refractivity contribution in [1.82, 2.24) is 14.8 Å². The van der Waals surface area contributed by atoms with Gasteiger partial charge in [0, 0.05) is 18.4 Å². The number of thioether (sulfide) groups is 1. The Morgan fingerprint density at radius 3 is 2.82 bits per heavy atom. The van der Waals surface area contributed by atoms with Crippen LogP contribution in [-0.4, -0.2) is 46.4 Å². The minimum Gasteiger partial charge on any atom is -0.378 e. The Labute approximate surface area is 137 Å². The normalized spacial score (nSPS) is 23.2. The fourth-order valence-electron chi connectivity index (χ4n) is 3.39. The van der Waals surface area contributed by atoms with Crippen LogP contribution in [0.25, 0.3) is 0 Å². The second-order valence-corrected chi connectivity index (χ2v) is 7.31. The Hall–Kier alpha value is -0.590.